The fraction of sp³-hybridized carbons (Fsp3) is 0.278. The summed E-state index contributed by atoms with van der Waals surface area (Å²) in [7, 11) is -3.75. The van der Waals surface area contributed by atoms with Crippen LogP contribution in [0, 0.1) is 0 Å². The Balaban J connectivity index is 1.55. The number of benzene rings is 1. The molecule has 0 bridgehead atoms. The van der Waals surface area contributed by atoms with Crippen LogP contribution in [0.5, 0.6) is 0 Å². The molecule has 3 aromatic rings. The number of carbonyl (C=O) groups excluding carboxylic acids is 1. The first-order valence-corrected chi connectivity index (χ1v) is 10.3. The first-order chi connectivity index (χ1) is 13.4. The normalized spacial score (nSPS) is 15.6. The highest BCUT2D eigenvalue weighted by molar-refractivity contribution is 7.89. The molecule has 0 aliphatic carbocycles. The molecule has 3 heterocycles. The summed E-state index contributed by atoms with van der Waals surface area (Å²) in [5, 5.41) is 2.68. The van der Waals surface area contributed by atoms with Gasteiger partial charge in [0.1, 0.15) is 0 Å². The lowest BCUT2D eigenvalue weighted by atomic mass is 10.2. The van der Waals surface area contributed by atoms with Crippen molar-refractivity contribution in [3.8, 4) is 0 Å². The molecule has 0 saturated carbocycles. The average molecular weight is 402 g/mol. The van der Waals surface area contributed by atoms with E-state index in [4.69, 9.17) is 4.42 Å². The van der Waals surface area contributed by atoms with E-state index in [1.54, 1.807) is 12.1 Å². The third-order valence-electron chi connectivity index (χ3n) is 4.61. The fourth-order valence-corrected chi connectivity index (χ4v) is 4.58. The van der Waals surface area contributed by atoms with Crippen molar-refractivity contribution in [2.75, 3.05) is 18.4 Å². The molecular formula is C18H18N4O5S. The summed E-state index contributed by atoms with van der Waals surface area (Å²) in [6, 6.07) is 7.30. The maximum absolute atomic E-state index is 12.6. The molecule has 146 valence electrons. The number of nitrogens with zero attached hydrogens (tertiary/aromatic N) is 2. The third kappa shape index (κ3) is 3.43. The Bertz CT molecular complexity index is 1190. The monoisotopic (exact) mass is 402 g/mol. The molecule has 2 aromatic heterocycles. The molecule has 0 spiro atoms. The number of H-pyrrole nitrogens is 1. The van der Waals surface area contributed by atoms with Crippen molar-refractivity contribution in [1.82, 2.24) is 14.3 Å². The van der Waals surface area contributed by atoms with E-state index in [9.17, 15) is 18.0 Å². The predicted molar refractivity (Wildman–Crippen MR) is 102 cm³/mol. The van der Waals surface area contributed by atoms with Gasteiger partial charge in [0.2, 0.25) is 5.09 Å². The van der Waals surface area contributed by atoms with E-state index in [1.807, 2.05) is 0 Å². The zero-order valence-corrected chi connectivity index (χ0v) is 15.7. The second-order valence-electron chi connectivity index (χ2n) is 6.50. The van der Waals surface area contributed by atoms with Crippen molar-refractivity contribution < 1.29 is 17.6 Å². The number of hydrogen-bond acceptors (Lipinski definition) is 6. The zero-order chi connectivity index (χ0) is 19.7. The van der Waals surface area contributed by atoms with Gasteiger partial charge >= 0.3 is 0 Å². The summed E-state index contributed by atoms with van der Waals surface area (Å²) in [5.74, 6) is -0.740. The van der Waals surface area contributed by atoms with Crippen molar-refractivity contribution in [3.05, 3.63) is 52.8 Å². The van der Waals surface area contributed by atoms with Gasteiger partial charge < -0.3 is 14.7 Å². The predicted octanol–water partition coefficient (Wildman–Crippen LogP) is 1.94. The molecule has 1 saturated heterocycles. The molecular weight excluding hydrogens is 384 g/mol. The summed E-state index contributed by atoms with van der Waals surface area (Å²) in [5.41, 5.74) is 0.538. The molecule has 4 rings (SSSR count). The van der Waals surface area contributed by atoms with E-state index < -0.39 is 15.9 Å². The number of hydrogen-bond donors (Lipinski definition) is 2. The van der Waals surface area contributed by atoms with Crippen LogP contribution in [0.25, 0.3) is 10.9 Å². The molecule has 9 nitrogen and oxygen atoms in total. The number of sulfonamides is 1. The Morgan fingerprint density at radius 3 is 2.71 bits per heavy atom. The summed E-state index contributed by atoms with van der Waals surface area (Å²) >= 11 is 0. The fourth-order valence-electron chi connectivity index (χ4n) is 3.15. The van der Waals surface area contributed by atoms with Gasteiger partial charge in [-0.05, 0) is 43.2 Å². The number of furan rings is 1. The molecule has 28 heavy (non-hydrogen) atoms. The molecule has 1 aromatic carbocycles. The number of anilines is 1. The number of piperidine rings is 1. The minimum atomic E-state index is -3.75. The van der Waals surface area contributed by atoms with E-state index in [-0.39, 0.29) is 16.4 Å². The van der Waals surface area contributed by atoms with Gasteiger partial charge in [-0.25, -0.2) is 13.4 Å². The van der Waals surface area contributed by atoms with Gasteiger partial charge in [-0.15, -0.1) is 0 Å². The highest BCUT2D eigenvalue weighted by atomic mass is 32.2. The van der Waals surface area contributed by atoms with Gasteiger partial charge in [-0.2, -0.15) is 4.31 Å². The highest BCUT2D eigenvalue weighted by Gasteiger charge is 2.29. The van der Waals surface area contributed by atoms with Crippen LogP contribution < -0.4 is 10.9 Å². The second kappa shape index (κ2) is 7.21. The highest BCUT2D eigenvalue weighted by Crippen LogP contribution is 2.23. The van der Waals surface area contributed by atoms with Gasteiger partial charge in [0.25, 0.3) is 21.5 Å². The average Bonchev–Trinajstić information content (AvgIpc) is 3.21. The van der Waals surface area contributed by atoms with Gasteiger partial charge in [0.15, 0.2) is 5.76 Å². The Morgan fingerprint density at radius 2 is 1.93 bits per heavy atom. The number of nitrogens with one attached hydrogen (secondary N) is 2. The molecule has 0 radical (unpaired) electrons. The Morgan fingerprint density at radius 1 is 1.14 bits per heavy atom. The van der Waals surface area contributed by atoms with Crippen molar-refractivity contribution in [2.45, 2.75) is 24.4 Å². The first-order valence-electron chi connectivity index (χ1n) is 8.84. The SMILES string of the molecule is O=C(Nc1ccc2nc[nH]c(=O)c2c1)c1ccc(S(=O)(=O)N2CCCCC2)o1. The number of fused-ring (bicyclic) bond motifs is 1. The zero-order valence-electron chi connectivity index (χ0n) is 14.8. The molecule has 1 fully saturated rings. The second-order valence-corrected chi connectivity index (χ2v) is 8.37. The molecule has 2 N–H and O–H groups in total. The van der Waals surface area contributed by atoms with E-state index in [1.165, 1.54) is 28.8 Å². The molecule has 1 amide bonds. The van der Waals surface area contributed by atoms with Crippen LogP contribution in [-0.2, 0) is 10.0 Å². The van der Waals surface area contributed by atoms with Gasteiger partial charge in [0.05, 0.1) is 17.2 Å². The lowest BCUT2D eigenvalue weighted by Gasteiger charge is -2.24. The van der Waals surface area contributed by atoms with Crippen LogP contribution in [0.4, 0.5) is 5.69 Å². The standard InChI is InChI=1S/C18H18N4O5S/c23-17-13-10-12(4-5-14(13)19-11-20-17)21-18(24)15-6-7-16(27-15)28(25,26)22-8-2-1-3-9-22/h4-7,10-11H,1-3,8-9H2,(H,21,24)(H,19,20,23). The summed E-state index contributed by atoms with van der Waals surface area (Å²) < 4.78 is 31.9. The number of amides is 1. The van der Waals surface area contributed by atoms with Crippen molar-refractivity contribution in [1.29, 1.82) is 0 Å². The molecule has 10 heteroatoms. The Labute approximate surface area is 160 Å². The molecule has 1 aliphatic heterocycles. The minimum Gasteiger partial charge on any atom is -0.438 e. The van der Waals surface area contributed by atoms with Crippen LogP contribution >= 0.6 is 0 Å². The summed E-state index contributed by atoms with van der Waals surface area (Å²) in [4.78, 5) is 30.8. The van der Waals surface area contributed by atoms with Crippen LogP contribution in [0.2, 0.25) is 0 Å². The minimum absolute atomic E-state index is 0.129. The smallest absolute Gasteiger partial charge is 0.291 e. The van der Waals surface area contributed by atoms with E-state index in [0.717, 1.165) is 19.3 Å². The van der Waals surface area contributed by atoms with Gasteiger partial charge in [-0.1, -0.05) is 6.42 Å². The first kappa shape index (κ1) is 18.4. The Hall–Kier alpha value is -2.98. The van der Waals surface area contributed by atoms with Gasteiger partial charge in [-0.3, -0.25) is 9.59 Å². The largest absolute Gasteiger partial charge is 0.438 e. The lowest BCUT2D eigenvalue weighted by molar-refractivity contribution is 0.0991. The quantitative estimate of drug-likeness (QED) is 0.687. The van der Waals surface area contributed by atoms with Crippen LogP contribution in [0.1, 0.15) is 29.8 Å². The molecule has 0 atom stereocenters. The van der Waals surface area contributed by atoms with Crippen LogP contribution in [0.3, 0.4) is 0 Å². The number of carbonyl (C=O) groups is 1. The van der Waals surface area contributed by atoms with E-state index in [2.05, 4.69) is 15.3 Å². The van der Waals surface area contributed by atoms with E-state index >= 15 is 0 Å². The van der Waals surface area contributed by atoms with Crippen LogP contribution in [0.15, 0.2) is 51.0 Å². The summed E-state index contributed by atoms with van der Waals surface area (Å²) in [6.45, 7) is 0.897. The van der Waals surface area contributed by atoms with Crippen LogP contribution in [-0.4, -0.2) is 41.7 Å². The van der Waals surface area contributed by atoms with Crippen molar-refractivity contribution in [2.24, 2.45) is 0 Å². The number of aromatic nitrogens is 2. The lowest BCUT2D eigenvalue weighted by Crippen LogP contribution is -2.35. The topological polar surface area (TPSA) is 125 Å². The number of aromatic amines is 1. The number of rotatable bonds is 4. The van der Waals surface area contributed by atoms with Gasteiger partial charge in [0, 0.05) is 18.8 Å². The van der Waals surface area contributed by atoms with Crippen molar-refractivity contribution >= 4 is 32.5 Å². The van der Waals surface area contributed by atoms with Crippen molar-refractivity contribution in [3.63, 3.8) is 0 Å². The van der Waals surface area contributed by atoms with E-state index in [0.29, 0.717) is 29.7 Å². The molecule has 1 aliphatic rings. The maximum Gasteiger partial charge on any atom is 0.291 e. The maximum atomic E-state index is 12.6. The Kier molecular flexibility index (Phi) is 4.73. The third-order valence-corrected chi connectivity index (χ3v) is 6.39. The summed E-state index contributed by atoms with van der Waals surface area (Å²) in [6.07, 6.45) is 3.92. The molecule has 0 unspecified atom stereocenters.